The van der Waals surface area contributed by atoms with E-state index < -0.39 is 18.8 Å². The van der Waals surface area contributed by atoms with Crippen molar-refractivity contribution in [1.82, 2.24) is 0 Å². The highest BCUT2D eigenvalue weighted by molar-refractivity contribution is 5.91. The minimum absolute atomic E-state index is 0.274. The molecule has 0 saturated heterocycles. The number of hydrogen-bond acceptors (Lipinski definition) is 2. The summed E-state index contributed by atoms with van der Waals surface area (Å²) in [5, 5.41) is 8.76. The number of carboxylic acid groups (broad SMARTS) is 1. The highest BCUT2D eigenvalue weighted by atomic mass is 19.4. The molecule has 16 heavy (non-hydrogen) atoms. The molecule has 0 bridgehead atoms. The van der Waals surface area contributed by atoms with Gasteiger partial charge in [-0.1, -0.05) is 11.6 Å². The Labute approximate surface area is 89.5 Å². The van der Waals surface area contributed by atoms with Gasteiger partial charge in [-0.25, -0.2) is 4.79 Å². The maximum atomic E-state index is 11.9. The molecule has 0 aromatic heterocycles. The Hall–Kier alpha value is -1.72. The van der Waals surface area contributed by atoms with Gasteiger partial charge < -0.3 is 9.84 Å². The van der Waals surface area contributed by atoms with Crippen LogP contribution in [0.2, 0.25) is 0 Å². The summed E-state index contributed by atoms with van der Waals surface area (Å²) in [6, 6.07) is 3.96. The van der Waals surface area contributed by atoms with Crippen LogP contribution < -0.4 is 4.74 Å². The van der Waals surface area contributed by atoms with Crippen molar-refractivity contribution >= 4 is 5.97 Å². The lowest BCUT2D eigenvalue weighted by Gasteiger charge is -2.11. The van der Waals surface area contributed by atoms with Crippen molar-refractivity contribution in [3.05, 3.63) is 29.3 Å². The van der Waals surface area contributed by atoms with E-state index in [0.29, 0.717) is 5.56 Å². The molecule has 0 radical (unpaired) electrons. The molecule has 0 atom stereocenters. The molecular formula is C10H9F3O3. The van der Waals surface area contributed by atoms with Crippen LogP contribution >= 0.6 is 0 Å². The molecule has 0 aliphatic heterocycles. The third kappa shape index (κ3) is 3.45. The molecule has 6 heteroatoms. The number of carboxylic acids is 1. The number of aromatic carboxylic acids is 1. The van der Waals surface area contributed by atoms with E-state index in [1.165, 1.54) is 18.2 Å². The van der Waals surface area contributed by atoms with Crippen LogP contribution in [-0.2, 0) is 0 Å². The molecular weight excluding hydrogens is 225 g/mol. The van der Waals surface area contributed by atoms with E-state index in [1.54, 1.807) is 6.92 Å². The fourth-order valence-corrected chi connectivity index (χ4v) is 1.10. The van der Waals surface area contributed by atoms with Crippen LogP contribution in [0.4, 0.5) is 13.2 Å². The molecule has 0 saturated carbocycles. The third-order valence-corrected chi connectivity index (χ3v) is 1.76. The van der Waals surface area contributed by atoms with Crippen molar-refractivity contribution in [3.8, 4) is 5.75 Å². The lowest BCUT2D eigenvalue weighted by Crippen LogP contribution is -2.20. The molecule has 0 heterocycles. The first-order chi connectivity index (χ1) is 7.29. The predicted octanol–water partition coefficient (Wildman–Crippen LogP) is 2.63. The van der Waals surface area contributed by atoms with Crippen LogP contribution in [0.3, 0.4) is 0 Å². The van der Waals surface area contributed by atoms with Gasteiger partial charge in [-0.15, -0.1) is 0 Å². The van der Waals surface area contributed by atoms with E-state index in [1.807, 2.05) is 0 Å². The van der Waals surface area contributed by atoms with Gasteiger partial charge in [-0.3, -0.25) is 0 Å². The summed E-state index contributed by atoms with van der Waals surface area (Å²) < 4.78 is 40.1. The molecule has 88 valence electrons. The second-order valence-electron chi connectivity index (χ2n) is 3.21. The van der Waals surface area contributed by atoms with Crippen molar-refractivity contribution in [3.63, 3.8) is 0 Å². The zero-order valence-electron chi connectivity index (χ0n) is 8.34. The summed E-state index contributed by atoms with van der Waals surface area (Å²) >= 11 is 0. The number of benzene rings is 1. The molecule has 1 N–H and O–H groups in total. The van der Waals surface area contributed by atoms with Crippen LogP contribution in [0, 0.1) is 6.92 Å². The predicted molar refractivity (Wildman–Crippen MR) is 49.7 cm³/mol. The molecule has 0 aliphatic rings. The average molecular weight is 234 g/mol. The van der Waals surface area contributed by atoms with E-state index in [-0.39, 0.29) is 11.3 Å². The van der Waals surface area contributed by atoms with E-state index in [4.69, 9.17) is 5.11 Å². The van der Waals surface area contributed by atoms with E-state index >= 15 is 0 Å². The maximum Gasteiger partial charge on any atom is 0.422 e. The van der Waals surface area contributed by atoms with Crippen molar-refractivity contribution < 1.29 is 27.8 Å². The first-order valence-electron chi connectivity index (χ1n) is 4.33. The van der Waals surface area contributed by atoms with Gasteiger partial charge in [0.05, 0.1) is 0 Å². The summed E-state index contributed by atoms with van der Waals surface area (Å²) in [5.74, 6) is -1.60. The Morgan fingerprint density at radius 3 is 2.56 bits per heavy atom. The van der Waals surface area contributed by atoms with Crippen LogP contribution in [0.1, 0.15) is 15.9 Å². The van der Waals surface area contributed by atoms with Gasteiger partial charge in [0, 0.05) is 0 Å². The smallest absolute Gasteiger partial charge is 0.422 e. The maximum absolute atomic E-state index is 11.9. The van der Waals surface area contributed by atoms with Crippen molar-refractivity contribution in [2.45, 2.75) is 13.1 Å². The Bertz CT molecular complexity index is 399. The number of halogens is 3. The van der Waals surface area contributed by atoms with Gasteiger partial charge in [0.15, 0.2) is 6.61 Å². The average Bonchev–Trinajstić information content (AvgIpc) is 2.14. The van der Waals surface area contributed by atoms with Gasteiger partial charge in [0.2, 0.25) is 0 Å². The summed E-state index contributed by atoms with van der Waals surface area (Å²) in [7, 11) is 0. The summed E-state index contributed by atoms with van der Waals surface area (Å²) in [5.41, 5.74) is 0.362. The highest BCUT2D eigenvalue weighted by Gasteiger charge is 2.29. The number of alkyl halides is 3. The van der Waals surface area contributed by atoms with Crippen molar-refractivity contribution in [2.75, 3.05) is 6.61 Å². The van der Waals surface area contributed by atoms with Gasteiger partial charge in [-0.05, 0) is 19.1 Å². The first kappa shape index (κ1) is 12.4. The van der Waals surface area contributed by atoms with Crippen LogP contribution in [0.25, 0.3) is 0 Å². The fraction of sp³-hybridized carbons (Fsp3) is 0.300. The molecule has 0 fully saturated rings. The summed E-state index contributed by atoms with van der Waals surface area (Å²) in [6.45, 7) is 0.135. The lowest BCUT2D eigenvalue weighted by molar-refractivity contribution is -0.153. The third-order valence-electron chi connectivity index (χ3n) is 1.76. The van der Waals surface area contributed by atoms with Crippen molar-refractivity contribution in [1.29, 1.82) is 0 Å². The zero-order valence-corrected chi connectivity index (χ0v) is 8.34. The molecule has 0 aliphatic carbocycles. The quantitative estimate of drug-likeness (QED) is 0.874. The summed E-state index contributed by atoms with van der Waals surface area (Å²) in [6.07, 6.45) is -4.49. The minimum Gasteiger partial charge on any atom is -0.483 e. The molecule has 3 nitrogen and oxygen atoms in total. The molecule has 0 unspecified atom stereocenters. The van der Waals surface area contributed by atoms with Crippen LogP contribution in [0.5, 0.6) is 5.75 Å². The van der Waals surface area contributed by atoms with Gasteiger partial charge in [0.25, 0.3) is 0 Å². The number of carbonyl (C=O) groups is 1. The Morgan fingerprint density at radius 2 is 2.06 bits per heavy atom. The molecule has 0 amide bonds. The van der Waals surface area contributed by atoms with Crippen molar-refractivity contribution in [2.24, 2.45) is 0 Å². The van der Waals surface area contributed by atoms with E-state index in [2.05, 4.69) is 4.74 Å². The minimum atomic E-state index is -4.49. The van der Waals surface area contributed by atoms with Gasteiger partial charge in [-0.2, -0.15) is 13.2 Å². The Kier molecular flexibility index (Phi) is 3.41. The second-order valence-corrected chi connectivity index (χ2v) is 3.21. The van der Waals surface area contributed by atoms with E-state index in [0.717, 1.165) is 0 Å². The first-order valence-corrected chi connectivity index (χ1v) is 4.33. The number of aryl methyl sites for hydroxylation is 1. The molecule has 0 spiro atoms. The Morgan fingerprint density at radius 1 is 1.44 bits per heavy atom. The number of ether oxygens (including phenoxy) is 1. The SMILES string of the molecule is Cc1ccc(OCC(F)(F)F)c(C(=O)O)c1. The van der Waals surface area contributed by atoms with Gasteiger partial charge in [0.1, 0.15) is 11.3 Å². The lowest BCUT2D eigenvalue weighted by atomic mass is 10.1. The fourth-order valence-electron chi connectivity index (χ4n) is 1.10. The normalized spacial score (nSPS) is 11.2. The standard InChI is InChI=1S/C10H9F3O3/c1-6-2-3-8(7(4-6)9(14)15)16-5-10(11,12)13/h2-4H,5H2,1H3,(H,14,15). The number of hydrogen-bond donors (Lipinski definition) is 1. The monoisotopic (exact) mass is 234 g/mol. The van der Waals surface area contributed by atoms with Crippen LogP contribution in [-0.4, -0.2) is 23.9 Å². The molecule has 1 aromatic carbocycles. The largest absolute Gasteiger partial charge is 0.483 e. The summed E-state index contributed by atoms with van der Waals surface area (Å²) in [4.78, 5) is 10.7. The van der Waals surface area contributed by atoms with E-state index in [9.17, 15) is 18.0 Å². The molecule has 1 aromatic rings. The highest BCUT2D eigenvalue weighted by Crippen LogP contribution is 2.23. The zero-order chi connectivity index (χ0) is 12.3. The Balaban J connectivity index is 2.91. The van der Waals surface area contributed by atoms with Gasteiger partial charge >= 0.3 is 12.1 Å². The topological polar surface area (TPSA) is 46.5 Å². The number of rotatable bonds is 3. The second kappa shape index (κ2) is 4.42. The van der Waals surface area contributed by atoms with Crippen LogP contribution in [0.15, 0.2) is 18.2 Å². The molecule has 1 rings (SSSR count).